The van der Waals surface area contributed by atoms with Crippen LogP contribution < -0.4 is 10.2 Å². The summed E-state index contributed by atoms with van der Waals surface area (Å²) in [6.07, 6.45) is 9.01. The van der Waals surface area contributed by atoms with E-state index in [0.717, 1.165) is 25.0 Å². The molecule has 2 aliphatic rings. The molecule has 4 heteroatoms. The van der Waals surface area contributed by atoms with Crippen molar-refractivity contribution in [3.05, 3.63) is 18.5 Å². The van der Waals surface area contributed by atoms with Gasteiger partial charge in [0.2, 0.25) is 5.95 Å². The topological polar surface area (TPSA) is 41.1 Å². The predicted octanol–water partition coefficient (Wildman–Crippen LogP) is 1.44. The van der Waals surface area contributed by atoms with E-state index in [9.17, 15) is 0 Å². The zero-order valence-electron chi connectivity index (χ0n) is 10.2. The Morgan fingerprint density at radius 1 is 1.24 bits per heavy atom. The van der Waals surface area contributed by atoms with Crippen molar-refractivity contribution in [2.24, 2.45) is 5.92 Å². The number of rotatable bonds is 4. The van der Waals surface area contributed by atoms with Crippen LogP contribution in [0.1, 0.15) is 25.7 Å². The molecular formula is C13H20N4. The van der Waals surface area contributed by atoms with E-state index >= 15 is 0 Å². The van der Waals surface area contributed by atoms with E-state index < -0.39 is 0 Å². The molecule has 1 aromatic heterocycles. The summed E-state index contributed by atoms with van der Waals surface area (Å²) in [5.74, 6) is 1.84. The Kier molecular flexibility index (Phi) is 3.22. The lowest BCUT2D eigenvalue weighted by Gasteiger charge is -2.33. The summed E-state index contributed by atoms with van der Waals surface area (Å²) in [6, 6.07) is 2.49. The average Bonchev–Trinajstić information content (AvgIpc) is 3.22. The fourth-order valence-corrected chi connectivity index (χ4v) is 2.44. The van der Waals surface area contributed by atoms with Gasteiger partial charge < -0.3 is 10.2 Å². The number of anilines is 1. The normalized spacial score (nSPS) is 24.9. The van der Waals surface area contributed by atoms with E-state index in [1.807, 2.05) is 18.5 Å². The number of hydrogen-bond acceptors (Lipinski definition) is 4. The first kappa shape index (κ1) is 11.0. The summed E-state index contributed by atoms with van der Waals surface area (Å²) in [4.78, 5) is 11.0. The van der Waals surface area contributed by atoms with Crippen molar-refractivity contribution >= 4 is 5.95 Å². The van der Waals surface area contributed by atoms with E-state index in [0.29, 0.717) is 6.04 Å². The first-order chi connectivity index (χ1) is 8.42. The predicted molar refractivity (Wildman–Crippen MR) is 68.0 cm³/mol. The third-order valence-corrected chi connectivity index (χ3v) is 3.65. The molecule has 1 unspecified atom stereocenters. The van der Waals surface area contributed by atoms with Gasteiger partial charge in [0.25, 0.3) is 0 Å². The maximum atomic E-state index is 4.33. The summed E-state index contributed by atoms with van der Waals surface area (Å²) in [5, 5.41) is 3.69. The number of nitrogens with one attached hydrogen (secondary N) is 1. The highest BCUT2D eigenvalue weighted by Crippen LogP contribution is 2.28. The molecule has 0 amide bonds. The van der Waals surface area contributed by atoms with E-state index in [4.69, 9.17) is 0 Å². The van der Waals surface area contributed by atoms with Crippen LogP contribution >= 0.6 is 0 Å². The van der Waals surface area contributed by atoms with Crippen molar-refractivity contribution in [1.82, 2.24) is 15.3 Å². The Morgan fingerprint density at radius 3 is 2.82 bits per heavy atom. The number of piperidine rings is 1. The van der Waals surface area contributed by atoms with Crippen molar-refractivity contribution < 1.29 is 0 Å². The molecule has 2 heterocycles. The zero-order chi connectivity index (χ0) is 11.5. The van der Waals surface area contributed by atoms with Gasteiger partial charge in [-0.25, -0.2) is 9.97 Å². The lowest BCUT2D eigenvalue weighted by atomic mass is 10.1. The summed E-state index contributed by atoms with van der Waals surface area (Å²) in [7, 11) is 0. The molecule has 1 atom stereocenters. The van der Waals surface area contributed by atoms with Gasteiger partial charge in [-0.15, -0.1) is 0 Å². The minimum Gasteiger partial charge on any atom is -0.339 e. The SMILES string of the molecule is c1cnc(N2CCCC(NCC3CC3)C2)nc1. The van der Waals surface area contributed by atoms with Crippen molar-refractivity contribution in [2.45, 2.75) is 31.7 Å². The quantitative estimate of drug-likeness (QED) is 0.853. The molecule has 0 bridgehead atoms. The van der Waals surface area contributed by atoms with Gasteiger partial charge in [-0.05, 0) is 44.2 Å². The zero-order valence-corrected chi connectivity index (χ0v) is 10.2. The Bertz CT molecular complexity index is 350. The standard InChI is InChI=1S/C13H20N4/c1-3-12(16-9-11-4-5-11)10-17(8-1)13-14-6-2-7-15-13/h2,6-7,11-12,16H,1,3-5,8-10H2. The maximum absolute atomic E-state index is 4.33. The van der Waals surface area contributed by atoms with Gasteiger partial charge >= 0.3 is 0 Å². The highest BCUT2D eigenvalue weighted by molar-refractivity contribution is 5.29. The Hall–Kier alpha value is -1.16. The highest BCUT2D eigenvalue weighted by atomic mass is 15.3. The smallest absolute Gasteiger partial charge is 0.225 e. The molecule has 3 rings (SSSR count). The molecular weight excluding hydrogens is 212 g/mol. The summed E-state index contributed by atoms with van der Waals surface area (Å²) in [6.45, 7) is 3.34. The second-order valence-electron chi connectivity index (χ2n) is 5.19. The molecule has 0 aromatic carbocycles. The van der Waals surface area contributed by atoms with Crippen molar-refractivity contribution in [1.29, 1.82) is 0 Å². The van der Waals surface area contributed by atoms with Gasteiger partial charge in [0.1, 0.15) is 0 Å². The first-order valence-electron chi connectivity index (χ1n) is 6.67. The van der Waals surface area contributed by atoms with Crippen LogP contribution in [0.3, 0.4) is 0 Å². The van der Waals surface area contributed by atoms with Gasteiger partial charge in [0, 0.05) is 31.5 Å². The fourth-order valence-electron chi connectivity index (χ4n) is 2.44. The second-order valence-corrected chi connectivity index (χ2v) is 5.19. The van der Waals surface area contributed by atoms with Crippen LogP contribution in [0.4, 0.5) is 5.95 Å². The lowest BCUT2D eigenvalue weighted by molar-refractivity contribution is 0.413. The number of hydrogen-bond donors (Lipinski definition) is 1. The van der Waals surface area contributed by atoms with E-state index in [1.165, 1.54) is 32.2 Å². The number of nitrogens with zero attached hydrogens (tertiary/aromatic N) is 3. The van der Waals surface area contributed by atoms with Crippen molar-refractivity contribution in [3.8, 4) is 0 Å². The van der Waals surface area contributed by atoms with Crippen molar-refractivity contribution in [2.75, 3.05) is 24.5 Å². The van der Waals surface area contributed by atoms with Crippen molar-refractivity contribution in [3.63, 3.8) is 0 Å². The molecule has 92 valence electrons. The van der Waals surface area contributed by atoms with Gasteiger partial charge in [-0.1, -0.05) is 0 Å². The second kappa shape index (κ2) is 5.00. The summed E-state index contributed by atoms with van der Waals surface area (Å²) >= 11 is 0. The largest absolute Gasteiger partial charge is 0.339 e. The molecule has 1 aliphatic heterocycles. The molecule has 0 radical (unpaired) electrons. The van der Waals surface area contributed by atoms with Gasteiger partial charge in [0.15, 0.2) is 0 Å². The molecule has 1 saturated heterocycles. The molecule has 2 fully saturated rings. The van der Waals surface area contributed by atoms with E-state index in [-0.39, 0.29) is 0 Å². The van der Waals surface area contributed by atoms with Crippen LogP contribution in [-0.2, 0) is 0 Å². The monoisotopic (exact) mass is 232 g/mol. The highest BCUT2D eigenvalue weighted by Gasteiger charge is 2.25. The van der Waals surface area contributed by atoms with Crippen LogP contribution in [0, 0.1) is 5.92 Å². The molecule has 1 aromatic rings. The molecule has 17 heavy (non-hydrogen) atoms. The van der Waals surface area contributed by atoms with Crippen LogP contribution in [-0.4, -0.2) is 35.6 Å². The first-order valence-corrected chi connectivity index (χ1v) is 6.67. The maximum Gasteiger partial charge on any atom is 0.225 e. The summed E-state index contributed by atoms with van der Waals surface area (Å²) in [5.41, 5.74) is 0. The van der Waals surface area contributed by atoms with Gasteiger partial charge in [-0.3, -0.25) is 0 Å². The van der Waals surface area contributed by atoms with Crippen LogP contribution in [0.25, 0.3) is 0 Å². The molecule has 1 saturated carbocycles. The Labute approximate surface area is 102 Å². The van der Waals surface area contributed by atoms with Gasteiger partial charge in [0.05, 0.1) is 0 Å². The fraction of sp³-hybridized carbons (Fsp3) is 0.692. The third kappa shape index (κ3) is 2.94. The minimum atomic E-state index is 0.619. The molecule has 4 nitrogen and oxygen atoms in total. The van der Waals surface area contributed by atoms with Crippen LogP contribution in [0.5, 0.6) is 0 Å². The number of aromatic nitrogens is 2. The van der Waals surface area contributed by atoms with E-state index in [1.54, 1.807) is 0 Å². The third-order valence-electron chi connectivity index (χ3n) is 3.65. The Balaban J connectivity index is 1.55. The molecule has 1 N–H and O–H groups in total. The average molecular weight is 232 g/mol. The summed E-state index contributed by atoms with van der Waals surface area (Å²) < 4.78 is 0. The lowest BCUT2D eigenvalue weighted by Crippen LogP contribution is -2.46. The van der Waals surface area contributed by atoms with E-state index in [2.05, 4.69) is 20.2 Å². The van der Waals surface area contributed by atoms with Gasteiger partial charge in [-0.2, -0.15) is 0 Å². The van der Waals surface area contributed by atoms with Crippen LogP contribution in [0.15, 0.2) is 18.5 Å². The Morgan fingerprint density at radius 2 is 2.06 bits per heavy atom. The van der Waals surface area contributed by atoms with Crippen LogP contribution in [0.2, 0.25) is 0 Å². The minimum absolute atomic E-state index is 0.619. The molecule has 0 spiro atoms. The molecule has 1 aliphatic carbocycles.